The van der Waals surface area contributed by atoms with Crippen LogP contribution < -0.4 is 0 Å². The van der Waals surface area contributed by atoms with Gasteiger partial charge in [-0.2, -0.15) is 0 Å². The van der Waals surface area contributed by atoms with Gasteiger partial charge in [0.25, 0.3) is 0 Å². The molecule has 3 aromatic rings. The number of fused-ring (bicyclic) bond motifs is 1. The van der Waals surface area contributed by atoms with Crippen molar-refractivity contribution in [2.24, 2.45) is 0 Å². The first-order valence-electron chi connectivity index (χ1n) is 10.7. The molecule has 6 nitrogen and oxygen atoms in total. The van der Waals surface area contributed by atoms with Gasteiger partial charge in [0, 0.05) is 38.5 Å². The first kappa shape index (κ1) is 21.0. The Balaban J connectivity index is 1.60. The molecule has 0 radical (unpaired) electrons. The highest BCUT2D eigenvalue weighted by atomic mass is 19.1. The summed E-state index contributed by atoms with van der Waals surface area (Å²) in [5.74, 6) is 0.479. The zero-order chi connectivity index (χ0) is 22.0. The van der Waals surface area contributed by atoms with Crippen molar-refractivity contribution in [3.8, 4) is 0 Å². The third kappa shape index (κ3) is 4.31. The van der Waals surface area contributed by atoms with Crippen LogP contribution in [0.1, 0.15) is 37.6 Å². The van der Waals surface area contributed by atoms with Crippen molar-refractivity contribution in [3.05, 3.63) is 65.7 Å². The summed E-state index contributed by atoms with van der Waals surface area (Å²) >= 11 is 0. The maximum Gasteiger partial charge on any atom is 0.242 e. The van der Waals surface area contributed by atoms with E-state index >= 15 is 0 Å². The van der Waals surface area contributed by atoms with E-state index in [0.29, 0.717) is 32.6 Å². The fourth-order valence-electron chi connectivity index (χ4n) is 4.29. The summed E-state index contributed by atoms with van der Waals surface area (Å²) in [5, 5.41) is 0. The molecule has 0 unspecified atom stereocenters. The minimum absolute atomic E-state index is 0.0434. The van der Waals surface area contributed by atoms with E-state index in [1.165, 1.54) is 12.1 Å². The first-order chi connectivity index (χ1) is 15.0. The second-order valence-electron chi connectivity index (χ2n) is 7.91. The molecule has 7 heteroatoms. The molecule has 1 aliphatic rings. The summed E-state index contributed by atoms with van der Waals surface area (Å²) in [5.41, 5.74) is 2.62. The van der Waals surface area contributed by atoms with E-state index in [0.717, 1.165) is 22.4 Å². The summed E-state index contributed by atoms with van der Waals surface area (Å²) in [6.07, 6.45) is 0.351. The van der Waals surface area contributed by atoms with E-state index in [1.807, 2.05) is 42.7 Å². The fraction of sp³-hybridized carbons (Fsp3) is 0.375. The summed E-state index contributed by atoms with van der Waals surface area (Å²) in [6, 6.07) is 14.0. The third-order valence-electron chi connectivity index (χ3n) is 5.96. The number of imidazole rings is 1. The molecule has 0 bridgehead atoms. The van der Waals surface area contributed by atoms with Crippen LogP contribution in [0.4, 0.5) is 4.39 Å². The minimum atomic E-state index is -0.291. The number of likely N-dealkylation sites (N-methyl/N-ethyl adjacent to an activating group) is 1. The predicted molar refractivity (Wildman–Crippen MR) is 117 cm³/mol. The number of benzene rings is 2. The average Bonchev–Trinajstić information content (AvgIpc) is 3.31. The van der Waals surface area contributed by atoms with Gasteiger partial charge in [-0.25, -0.2) is 9.37 Å². The van der Waals surface area contributed by atoms with E-state index in [9.17, 15) is 14.0 Å². The number of rotatable bonds is 7. The molecule has 4 rings (SSSR count). The van der Waals surface area contributed by atoms with Crippen molar-refractivity contribution in [1.29, 1.82) is 0 Å². The number of carbonyl (C=O) groups is 2. The van der Waals surface area contributed by atoms with Gasteiger partial charge in [-0.15, -0.1) is 0 Å². The largest absolute Gasteiger partial charge is 0.342 e. The van der Waals surface area contributed by atoms with E-state index in [1.54, 1.807) is 21.9 Å². The van der Waals surface area contributed by atoms with Crippen molar-refractivity contribution in [1.82, 2.24) is 19.4 Å². The molecular weight excluding hydrogens is 395 g/mol. The van der Waals surface area contributed by atoms with Crippen LogP contribution in [0.3, 0.4) is 0 Å². The standard InChI is InChI=1S/C24H27FN4O2/c1-3-27(4-2)23(31)16-29-21-8-6-5-7-20(21)26-24(29)18-13-22(30)28(15-18)14-17-9-11-19(25)12-10-17/h5-12,18H,3-4,13-16H2,1-2H3/t18-/m0/s1. The Kier molecular flexibility index (Phi) is 6.02. The Hall–Kier alpha value is -3.22. The molecule has 0 N–H and O–H groups in total. The Bertz CT molecular complexity index is 1090. The number of carbonyl (C=O) groups excluding carboxylic acids is 2. The van der Waals surface area contributed by atoms with Crippen molar-refractivity contribution in [3.63, 3.8) is 0 Å². The summed E-state index contributed by atoms with van der Waals surface area (Å²) < 4.78 is 15.2. The molecule has 2 heterocycles. The van der Waals surface area contributed by atoms with Crippen molar-refractivity contribution < 1.29 is 14.0 Å². The summed E-state index contributed by atoms with van der Waals surface area (Å²) in [4.78, 5) is 34.0. The summed E-state index contributed by atoms with van der Waals surface area (Å²) in [6.45, 7) is 6.43. The highest BCUT2D eigenvalue weighted by Crippen LogP contribution is 2.31. The number of aromatic nitrogens is 2. The lowest BCUT2D eigenvalue weighted by Crippen LogP contribution is -2.34. The maximum atomic E-state index is 13.2. The highest BCUT2D eigenvalue weighted by Gasteiger charge is 2.34. The lowest BCUT2D eigenvalue weighted by Gasteiger charge is -2.21. The zero-order valence-corrected chi connectivity index (χ0v) is 17.9. The second-order valence-corrected chi connectivity index (χ2v) is 7.91. The Labute approximate surface area is 181 Å². The molecule has 1 fully saturated rings. The minimum Gasteiger partial charge on any atom is -0.342 e. The van der Waals surface area contributed by atoms with Crippen LogP contribution >= 0.6 is 0 Å². The van der Waals surface area contributed by atoms with Crippen LogP contribution in [0.5, 0.6) is 0 Å². The van der Waals surface area contributed by atoms with E-state index in [2.05, 4.69) is 0 Å². The van der Waals surface area contributed by atoms with Gasteiger partial charge in [-0.1, -0.05) is 24.3 Å². The van der Waals surface area contributed by atoms with Crippen LogP contribution in [0.2, 0.25) is 0 Å². The van der Waals surface area contributed by atoms with Crippen molar-refractivity contribution >= 4 is 22.8 Å². The van der Waals surface area contributed by atoms with Crippen molar-refractivity contribution in [2.75, 3.05) is 19.6 Å². The van der Waals surface area contributed by atoms with Gasteiger partial charge in [0.15, 0.2) is 0 Å². The lowest BCUT2D eigenvalue weighted by atomic mass is 10.1. The summed E-state index contributed by atoms with van der Waals surface area (Å²) in [7, 11) is 0. The van der Waals surface area contributed by atoms with Gasteiger partial charge in [-0.05, 0) is 43.7 Å². The van der Waals surface area contributed by atoms with Gasteiger partial charge in [-0.3, -0.25) is 9.59 Å². The molecule has 0 aliphatic carbocycles. The number of halogens is 1. The number of amides is 2. The fourth-order valence-corrected chi connectivity index (χ4v) is 4.29. The molecule has 1 aromatic heterocycles. The van der Waals surface area contributed by atoms with Gasteiger partial charge in [0.2, 0.25) is 11.8 Å². The molecule has 2 aromatic carbocycles. The SMILES string of the molecule is CCN(CC)C(=O)Cn1c([C@H]2CC(=O)N(Cc3ccc(F)cc3)C2)nc2ccccc21. The molecular formula is C24H27FN4O2. The Morgan fingerprint density at radius 2 is 1.84 bits per heavy atom. The molecule has 0 spiro atoms. The van der Waals surface area contributed by atoms with Gasteiger partial charge in [0.1, 0.15) is 18.2 Å². The third-order valence-corrected chi connectivity index (χ3v) is 5.96. The highest BCUT2D eigenvalue weighted by molar-refractivity contribution is 5.83. The van der Waals surface area contributed by atoms with Gasteiger partial charge < -0.3 is 14.4 Å². The normalized spacial score (nSPS) is 16.3. The van der Waals surface area contributed by atoms with Crippen molar-refractivity contribution in [2.45, 2.75) is 39.3 Å². The topological polar surface area (TPSA) is 58.4 Å². The van der Waals surface area contributed by atoms with Crippen LogP contribution in [0.25, 0.3) is 11.0 Å². The number of likely N-dealkylation sites (tertiary alicyclic amines) is 1. The predicted octanol–water partition coefficient (Wildman–Crippen LogP) is 3.56. The number of nitrogens with zero attached hydrogens (tertiary/aromatic N) is 4. The Morgan fingerprint density at radius 3 is 2.55 bits per heavy atom. The van der Waals surface area contributed by atoms with Gasteiger partial charge >= 0.3 is 0 Å². The zero-order valence-electron chi connectivity index (χ0n) is 17.9. The molecule has 2 amide bonds. The molecule has 0 saturated carbocycles. The van der Waals surface area contributed by atoms with E-state index in [4.69, 9.17) is 4.98 Å². The average molecular weight is 423 g/mol. The molecule has 31 heavy (non-hydrogen) atoms. The van der Waals surface area contributed by atoms with Crippen LogP contribution in [0, 0.1) is 5.82 Å². The lowest BCUT2D eigenvalue weighted by molar-refractivity contribution is -0.131. The molecule has 1 atom stereocenters. The smallest absolute Gasteiger partial charge is 0.242 e. The Morgan fingerprint density at radius 1 is 1.13 bits per heavy atom. The molecule has 1 saturated heterocycles. The van der Waals surface area contributed by atoms with Crippen LogP contribution in [-0.4, -0.2) is 50.8 Å². The maximum absolute atomic E-state index is 13.2. The monoisotopic (exact) mass is 422 g/mol. The molecule has 162 valence electrons. The first-order valence-corrected chi connectivity index (χ1v) is 10.7. The van der Waals surface area contributed by atoms with Crippen LogP contribution in [0.15, 0.2) is 48.5 Å². The van der Waals surface area contributed by atoms with E-state index in [-0.39, 0.29) is 30.1 Å². The van der Waals surface area contributed by atoms with E-state index < -0.39 is 0 Å². The van der Waals surface area contributed by atoms with Crippen LogP contribution in [-0.2, 0) is 22.7 Å². The number of hydrogen-bond acceptors (Lipinski definition) is 3. The molecule has 1 aliphatic heterocycles. The quantitative estimate of drug-likeness (QED) is 0.585. The number of hydrogen-bond donors (Lipinski definition) is 0. The second kappa shape index (κ2) is 8.88. The van der Waals surface area contributed by atoms with Gasteiger partial charge in [0.05, 0.1) is 11.0 Å². The number of para-hydroxylation sites is 2.